The van der Waals surface area contributed by atoms with E-state index in [1.807, 2.05) is 6.92 Å². The number of rotatable bonds is 2. The van der Waals surface area contributed by atoms with E-state index in [-0.39, 0.29) is 5.60 Å². The lowest BCUT2D eigenvalue weighted by Crippen LogP contribution is -2.28. The number of hydrogen-bond donors (Lipinski definition) is 0. The van der Waals surface area contributed by atoms with Crippen LogP contribution in [0.2, 0.25) is 0 Å². The fourth-order valence-electron chi connectivity index (χ4n) is 2.18. The molecule has 0 aromatic carbocycles. The van der Waals surface area contributed by atoms with Crippen molar-refractivity contribution < 1.29 is 4.74 Å². The van der Waals surface area contributed by atoms with Gasteiger partial charge in [-0.3, -0.25) is 0 Å². The Hall–Kier alpha value is -0.460. The summed E-state index contributed by atoms with van der Waals surface area (Å²) < 4.78 is 5.82. The van der Waals surface area contributed by atoms with Crippen LogP contribution in [0.25, 0.3) is 0 Å². The van der Waals surface area contributed by atoms with Gasteiger partial charge in [-0.15, -0.1) is 0 Å². The summed E-state index contributed by atoms with van der Waals surface area (Å²) >= 11 is 0. The zero-order valence-corrected chi connectivity index (χ0v) is 9.07. The van der Waals surface area contributed by atoms with Crippen LogP contribution in [-0.4, -0.2) is 5.60 Å². The van der Waals surface area contributed by atoms with Gasteiger partial charge in [-0.2, -0.15) is 0 Å². The van der Waals surface area contributed by atoms with Crippen LogP contribution in [0.5, 0.6) is 0 Å². The van der Waals surface area contributed by atoms with E-state index in [0.717, 1.165) is 5.76 Å². The zero-order valence-electron chi connectivity index (χ0n) is 9.07. The van der Waals surface area contributed by atoms with Gasteiger partial charge in [0.15, 0.2) is 0 Å². The molecule has 1 rings (SSSR count). The maximum atomic E-state index is 5.82. The number of allylic oxidation sites excluding steroid dienone is 1. The summed E-state index contributed by atoms with van der Waals surface area (Å²) in [6.07, 6.45) is 9.15. The summed E-state index contributed by atoms with van der Waals surface area (Å²) in [7, 11) is 0. The molecule has 1 heteroatoms. The van der Waals surface area contributed by atoms with Gasteiger partial charge >= 0.3 is 0 Å². The largest absolute Gasteiger partial charge is 0.493 e. The molecular weight excluding hydrogens is 160 g/mol. The molecule has 0 N–H and O–H groups in total. The molecule has 0 aliphatic heterocycles. The minimum atomic E-state index is 0.0756. The van der Waals surface area contributed by atoms with Gasteiger partial charge in [0.1, 0.15) is 5.60 Å². The molecule has 13 heavy (non-hydrogen) atoms. The molecule has 1 aliphatic carbocycles. The Bertz CT molecular complexity index is 164. The number of hydrogen-bond acceptors (Lipinski definition) is 1. The second kappa shape index (κ2) is 4.69. The van der Waals surface area contributed by atoms with E-state index in [4.69, 9.17) is 4.74 Å². The maximum absolute atomic E-state index is 5.82. The van der Waals surface area contributed by atoms with Crippen LogP contribution < -0.4 is 0 Å². The summed E-state index contributed by atoms with van der Waals surface area (Å²) in [4.78, 5) is 0. The van der Waals surface area contributed by atoms with Crippen molar-refractivity contribution in [1.82, 2.24) is 0 Å². The minimum Gasteiger partial charge on any atom is -0.493 e. The molecule has 0 heterocycles. The summed E-state index contributed by atoms with van der Waals surface area (Å²) in [6.45, 7) is 8.00. The molecule has 76 valence electrons. The van der Waals surface area contributed by atoms with Crippen molar-refractivity contribution >= 4 is 0 Å². The second-order valence-electron chi connectivity index (χ2n) is 4.52. The highest BCUT2D eigenvalue weighted by molar-refractivity contribution is 4.85. The van der Waals surface area contributed by atoms with Crippen molar-refractivity contribution in [2.75, 3.05) is 0 Å². The topological polar surface area (TPSA) is 9.23 Å². The standard InChI is InChI=1S/C12H22O/c1-11(2)13-12(3)9-7-5-4-6-8-10-12/h1,4-10H2,2-3H3. The van der Waals surface area contributed by atoms with Crippen molar-refractivity contribution in [2.45, 2.75) is 64.4 Å². The second-order valence-corrected chi connectivity index (χ2v) is 4.52. The normalized spacial score (nSPS) is 22.9. The monoisotopic (exact) mass is 182 g/mol. The summed E-state index contributed by atoms with van der Waals surface area (Å²) in [6, 6.07) is 0. The van der Waals surface area contributed by atoms with Crippen molar-refractivity contribution in [3.8, 4) is 0 Å². The molecule has 1 aliphatic rings. The Morgan fingerprint density at radius 3 is 2.00 bits per heavy atom. The first-order chi connectivity index (χ1) is 6.12. The third kappa shape index (κ3) is 3.84. The van der Waals surface area contributed by atoms with Gasteiger partial charge < -0.3 is 4.74 Å². The first-order valence-electron chi connectivity index (χ1n) is 5.47. The fourth-order valence-corrected chi connectivity index (χ4v) is 2.18. The van der Waals surface area contributed by atoms with Crippen LogP contribution in [0, 0.1) is 0 Å². The van der Waals surface area contributed by atoms with Crippen LogP contribution >= 0.6 is 0 Å². The minimum absolute atomic E-state index is 0.0756. The van der Waals surface area contributed by atoms with Gasteiger partial charge in [0.2, 0.25) is 0 Å². The van der Waals surface area contributed by atoms with Crippen LogP contribution in [0.1, 0.15) is 58.8 Å². The first-order valence-corrected chi connectivity index (χ1v) is 5.47. The Morgan fingerprint density at radius 2 is 1.54 bits per heavy atom. The van der Waals surface area contributed by atoms with E-state index in [0.29, 0.717) is 0 Å². The smallest absolute Gasteiger partial charge is 0.106 e. The van der Waals surface area contributed by atoms with Gasteiger partial charge in [0.25, 0.3) is 0 Å². The fraction of sp³-hybridized carbons (Fsp3) is 0.833. The molecule has 0 amide bonds. The zero-order chi connectivity index (χ0) is 9.73. The highest BCUT2D eigenvalue weighted by Gasteiger charge is 2.26. The van der Waals surface area contributed by atoms with E-state index in [1.165, 1.54) is 44.9 Å². The molecule has 0 spiro atoms. The van der Waals surface area contributed by atoms with E-state index in [2.05, 4.69) is 13.5 Å². The van der Waals surface area contributed by atoms with Crippen LogP contribution in [0.4, 0.5) is 0 Å². The van der Waals surface area contributed by atoms with E-state index in [1.54, 1.807) is 0 Å². The molecule has 0 aromatic rings. The molecule has 0 radical (unpaired) electrons. The van der Waals surface area contributed by atoms with Crippen molar-refractivity contribution in [3.63, 3.8) is 0 Å². The van der Waals surface area contributed by atoms with Gasteiger partial charge in [-0.05, 0) is 39.5 Å². The quantitative estimate of drug-likeness (QED) is 0.586. The summed E-state index contributed by atoms with van der Waals surface area (Å²) in [5.74, 6) is 0.864. The van der Waals surface area contributed by atoms with Crippen LogP contribution in [-0.2, 0) is 4.74 Å². The lowest BCUT2D eigenvalue weighted by atomic mass is 9.88. The molecule has 0 bridgehead atoms. The van der Waals surface area contributed by atoms with E-state index >= 15 is 0 Å². The first kappa shape index (κ1) is 10.6. The Balaban J connectivity index is 2.46. The summed E-state index contributed by atoms with van der Waals surface area (Å²) in [5.41, 5.74) is 0.0756. The highest BCUT2D eigenvalue weighted by Crippen LogP contribution is 2.30. The molecule has 0 aromatic heterocycles. The molecule has 1 nitrogen and oxygen atoms in total. The molecular formula is C12H22O. The Labute approximate surface area is 82.2 Å². The van der Waals surface area contributed by atoms with Gasteiger partial charge in [0, 0.05) is 0 Å². The molecule has 1 fully saturated rings. The van der Waals surface area contributed by atoms with Gasteiger partial charge in [0.05, 0.1) is 5.76 Å². The summed E-state index contributed by atoms with van der Waals surface area (Å²) in [5, 5.41) is 0. The lowest BCUT2D eigenvalue weighted by Gasteiger charge is -2.32. The predicted molar refractivity (Wildman–Crippen MR) is 56.6 cm³/mol. The lowest BCUT2D eigenvalue weighted by molar-refractivity contribution is -0.00229. The Kier molecular flexibility index (Phi) is 3.83. The average Bonchev–Trinajstić information content (AvgIpc) is 1.97. The van der Waals surface area contributed by atoms with Gasteiger partial charge in [-0.1, -0.05) is 25.8 Å². The van der Waals surface area contributed by atoms with E-state index < -0.39 is 0 Å². The number of ether oxygens (including phenoxy) is 1. The molecule has 0 atom stereocenters. The van der Waals surface area contributed by atoms with E-state index in [9.17, 15) is 0 Å². The SMILES string of the molecule is C=C(C)OC1(C)CCCCCCC1. The molecule has 1 saturated carbocycles. The van der Waals surface area contributed by atoms with Crippen molar-refractivity contribution in [3.05, 3.63) is 12.3 Å². The van der Waals surface area contributed by atoms with Gasteiger partial charge in [-0.25, -0.2) is 0 Å². The molecule has 0 unspecified atom stereocenters. The van der Waals surface area contributed by atoms with Crippen LogP contribution in [0.3, 0.4) is 0 Å². The van der Waals surface area contributed by atoms with Crippen molar-refractivity contribution in [2.24, 2.45) is 0 Å². The Morgan fingerprint density at radius 1 is 1.08 bits per heavy atom. The van der Waals surface area contributed by atoms with Crippen LogP contribution in [0.15, 0.2) is 12.3 Å². The third-order valence-corrected chi connectivity index (χ3v) is 2.83. The average molecular weight is 182 g/mol. The van der Waals surface area contributed by atoms with Crippen molar-refractivity contribution in [1.29, 1.82) is 0 Å². The highest BCUT2D eigenvalue weighted by atomic mass is 16.5. The molecule has 0 saturated heterocycles. The third-order valence-electron chi connectivity index (χ3n) is 2.83. The predicted octanol–water partition coefficient (Wildman–Crippen LogP) is 4.04. The maximum Gasteiger partial charge on any atom is 0.106 e.